The topological polar surface area (TPSA) is 44.4 Å². The Hall–Kier alpha value is -2.58. The van der Waals surface area contributed by atoms with E-state index >= 15 is 0 Å². The van der Waals surface area contributed by atoms with Gasteiger partial charge in [-0.25, -0.2) is 4.98 Å². The summed E-state index contributed by atoms with van der Waals surface area (Å²) in [7, 11) is 0. The predicted octanol–water partition coefficient (Wildman–Crippen LogP) is 6.74. The van der Waals surface area contributed by atoms with Crippen LogP contribution in [0, 0.1) is 12.8 Å². The zero-order chi connectivity index (χ0) is 26.2. The molecule has 1 aromatic heterocycles. The molecule has 2 aliphatic rings. The summed E-state index contributed by atoms with van der Waals surface area (Å²) >= 11 is 0. The highest BCUT2D eigenvalue weighted by atomic mass is 19.4. The van der Waals surface area contributed by atoms with Gasteiger partial charge in [0.1, 0.15) is 11.6 Å². The number of H-pyrrole nitrogens is 1. The van der Waals surface area contributed by atoms with Crippen molar-refractivity contribution in [3.05, 3.63) is 47.5 Å². The van der Waals surface area contributed by atoms with E-state index in [1.807, 2.05) is 0 Å². The molecule has 1 N–H and O–H groups in total. The standard InChI is InChI=1S/C29H37F3N4O/c1-19(2)18-35-12-10-24(11-13-35)36-14-8-21(9-15-36)23-16-20(3)27-26(17-23)33-28(34-27)22-4-6-25(7-5-22)37-29(30,31)32/h4-7,16-17,19,21,24H,8-15,18H2,1-3H3,(H,33,34). The number of aryl methyl sites for hydroxylation is 1. The number of alkyl halides is 3. The molecule has 3 aromatic rings. The van der Waals surface area contributed by atoms with E-state index in [9.17, 15) is 13.2 Å². The van der Waals surface area contributed by atoms with E-state index in [1.165, 1.54) is 63.0 Å². The van der Waals surface area contributed by atoms with Gasteiger partial charge < -0.3 is 19.5 Å². The molecule has 0 aliphatic carbocycles. The van der Waals surface area contributed by atoms with E-state index < -0.39 is 6.36 Å². The molecule has 37 heavy (non-hydrogen) atoms. The predicted molar refractivity (Wildman–Crippen MR) is 141 cm³/mol. The van der Waals surface area contributed by atoms with E-state index in [0.29, 0.717) is 11.7 Å². The van der Waals surface area contributed by atoms with Crippen molar-refractivity contribution >= 4 is 11.0 Å². The minimum absolute atomic E-state index is 0.238. The second-order valence-electron chi connectivity index (χ2n) is 11.1. The van der Waals surface area contributed by atoms with Crippen LogP contribution in [0.3, 0.4) is 0 Å². The van der Waals surface area contributed by atoms with E-state index in [0.717, 1.165) is 47.2 Å². The second-order valence-corrected chi connectivity index (χ2v) is 11.1. The summed E-state index contributed by atoms with van der Waals surface area (Å²) in [4.78, 5) is 13.5. The number of nitrogens with one attached hydrogen (secondary N) is 1. The lowest BCUT2D eigenvalue weighted by Gasteiger charge is -2.42. The summed E-state index contributed by atoms with van der Waals surface area (Å²) in [5.41, 5.74) is 5.06. The van der Waals surface area contributed by atoms with Crippen LogP contribution in [-0.4, -0.2) is 64.9 Å². The SMILES string of the molecule is Cc1cc(C2CCN(C3CCN(CC(C)C)CC3)CC2)cc2[nH]c(-c3ccc(OC(F)(F)F)cc3)nc12. The maximum absolute atomic E-state index is 12.5. The first kappa shape index (κ1) is 26.0. The molecule has 0 amide bonds. The lowest BCUT2D eigenvalue weighted by atomic mass is 9.87. The lowest BCUT2D eigenvalue weighted by Crippen LogP contribution is -2.48. The normalized spacial score (nSPS) is 19.2. The summed E-state index contributed by atoms with van der Waals surface area (Å²) in [6.45, 7) is 12.6. The fourth-order valence-electron chi connectivity index (χ4n) is 6.09. The van der Waals surface area contributed by atoms with Crippen molar-refractivity contribution < 1.29 is 17.9 Å². The number of ether oxygens (including phenoxy) is 1. The number of benzene rings is 2. The summed E-state index contributed by atoms with van der Waals surface area (Å²) in [6.07, 6.45) is 0.193. The number of rotatable bonds is 6. The van der Waals surface area contributed by atoms with Crippen LogP contribution in [0.2, 0.25) is 0 Å². The van der Waals surface area contributed by atoms with Gasteiger partial charge in [0, 0.05) is 18.2 Å². The second kappa shape index (κ2) is 10.7. The molecule has 5 rings (SSSR count). The van der Waals surface area contributed by atoms with Crippen LogP contribution in [0.25, 0.3) is 22.4 Å². The highest BCUT2D eigenvalue weighted by Crippen LogP contribution is 2.34. The highest BCUT2D eigenvalue weighted by Gasteiger charge is 2.31. The van der Waals surface area contributed by atoms with Gasteiger partial charge in [0.05, 0.1) is 11.0 Å². The first-order valence-electron chi connectivity index (χ1n) is 13.5. The maximum atomic E-state index is 12.5. The van der Waals surface area contributed by atoms with Crippen LogP contribution < -0.4 is 4.74 Å². The van der Waals surface area contributed by atoms with Gasteiger partial charge in [0.2, 0.25) is 0 Å². The van der Waals surface area contributed by atoms with E-state index in [4.69, 9.17) is 4.98 Å². The van der Waals surface area contributed by atoms with Crippen LogP contribution in [0.4, 0.5) is 13.2 Å². The molecule has 0 spiro atoms. The number of imidazole rings is 1. The van der Waals surface area contributed by atoms with Crippen molar-refractivity contribution in [1.29, 1.82) is 0 Å². The molecular formula is C29H37F3N4O. The molecule has 2 saturated heterocycles. The molecule has 5 nitrogen and oxygen atoms in total. The molecular weight excluding hydrogens is 477 g/mol. The van der Waals surface area contributed by atoms with Crippen molar-refractivity contribution in [2.75, 3.05) is 32.7 Å². The zero-order valence-electron chi connectivity index (χ0n) is 21.9. The third-order valence-corrected chi connectivity index (χ3v) is 7.86. The van der Waals surface area contributed by atoms with Crippen LogP contribution in [0.1, 0.15) is 56.6 Å². The minimum atomic E-state index is -4.70. The number of fused-ring (bicyclic) bond motifs is 1. The summed E-state index contributed by atoms with van der Waals surface area (Å²) in [5, 5.41) is 0. The minimum Gasteiger partial charge on any atom is -0.406 e. The number of aromatic amines is 1. The van der Waals surface area contributed by atoms with Gasteiger partial charge in [-0.05, 0) is 112 Å². The molecule has 0 radical (unpaired) electrons. The Morgan fingerprint density at radius 2 is 1.68 bits per heavy atom. The smallest absolute Gasteiger partial charge is 0.406 e. The van der Waals surface area contributed by atoms with Crippen LogP contribution >= 0.6 is 0 Å². The van der Waals surface area contributed by atoms with E-state index in [1.54, 1.807) is 12.1 Å². The largest absolute Gasteiger partial charge is 0.573 e. The van der Waals surface area contributed by atoms with Gasteiger partial charge in [-0.15, -0.1) is 13.2 Å². The maximum Gasteiger partial charge on any atom is 0.573 e. The van der Waals surface area contributed by atoms with Crippen LogP contribution in [0.15, 0.2) is 36.4 Å². The molecule has 8 heteroatoms. The average molecular weight is 515 g/mol. The number of hydrogen-bond acceptors (Lipinski definition) is 4. The van der Waals surface area contributed by atoms with Crippen molar-refractivity contribution in [2.24, 2.45) is 5.92 Å². The number of piperidine rings is 2. The average Bonchev–Trinajstić information content (AvgIpc) is 3.29. The van der Waals surface area contributed by atoms with E-state index in [-0.39, 0.29) is 5.75 Å². The Balaban J connectivity index is 1.23. The van der Waals surface area contributed by atoms with Gasteiger partial charge in [-0.1, -0.05) is 19.9 Å². The zero-order valence-corrected chi connectivity index (χ0v) is 21.9. The van der Waals surface area contributed by atoms with Crippen LogP contribution in [0.5, 0.6) is 5.75 Å². The van der Waals surface area contributed by atoms with Crippen molar-refractivity contribution in [1.82, 2.24) is 19.8 Å². The molecule has 0 atom stereocenters. The molecule has 0 unspecified atom stereocenters. The molecule has 0 bridgehead atoms. The Morgan fingerprint density at radius 3 is 2.30 bits per heavy atom. The first-order valence-corrected chi connectivity index (χ1v) is 13.5. The van der Waals surface area contributed by atoms with Gasteiger partial charge in [-0.3, -0.25) is 0 Å². The summed E-state index contributed by atoms with van der Waals surface area (Å²) in [6, 6.07) is 11.0. The van der Waals surface area contributed by atoms with Gasteiger partial charge in [-0.2, -0.15) is 0 Å². The third kappa shape index (κ3) is 6.29. The molecule has 2 aromatic carbocycles. The van der Waals surface area contributed by atoms with Gasteiger partial charge in [0.15, 0.2) is 0 Å². The Kier molecular flexibility index (Phi) is 7.50. The fourth-order valence-corrected chi connectivity index (χ4v) is 6.09. The number of likely N-dealkylation sites (tertiary alicyclic amines) is 2. The molecule has 2 aliphatic heterocycles. The number of nitrogens with zero attached hydrogens (tertiary/aromatic N) is 3. The molecule has 2 fully saturated rings. The number of hydrogen-bond donors (Lipinski definition) is 1. The summed E-state index contributed by atoms with van der Waals surface area (Å²) < 4.78 is 41.4. The molecule has 200 valence electrons. The Morgan fingerprint density at radius 1 is 1.00 bits per heavy atom. The quantitative estimate of drug-likeness (QED) is 0.396. The highest BCUT2D eigenvalue weighted by molar-refractivity contribution is 5.83. The summed E-state index contributed by atoms with van der Waals surface area (Å²) in [5.74, 6) is 1.68. The van der Waals surface area contributed by atoms with Crippen molar-refractivity contribution in [3.8, 4) is 17.1 Å². The Labute approximate surface area is 217 Å². The van der Waals surface area contributed by atoms with Gasteiger partial charge >= 0.3 is 6.36 Å². The van der Waals surface area contributed by atoms with Crippen molar-refractivity contribution in [2.45, 2.75) is 64.8 Å². The fraction of sp³-hybridized carbons (Fsp3) is 0.552. The monoisotopic (exact) mass is 514 g/mol. The Bertz CT molecular complexity index is 1190. The van der Waals surface area contributed by atoms with E-state index in [2.05, 4.69) is 52.4 Å². The third-order valence-electron chi connectivity index (χ3n) is 7.86. The number of halogens is 3. The molecule has 0 saturated carbocycles. The lowest BCUT2D eigenvalue weighted by molar-refractivity contribution is -0.274. The number of aromatic nitrogens is 2. The van der Waals surface area contributed by atoms with Crippen molar-refractivity contribution in [3.63, 3.8) is 0 Å². The van der Waals surface area contributed by atoms with Gasteiger partial charge in [0.25, 0.3) is 0 Å². The first-order chi connectivity index (χ1) is 17.6. The van der Waals surface area contributed by atoms with Crippen LogP contribution in [-0.2, 0) is 0 Å². The molecule has 3 heterocycles.